The Kier molecular flexibility index (Phi) is 6.84. The predicted molar refractivity (Wildman–Crippen MR) is 158 cm³/mol. The SMILES string of the molecule is CCOC1CC12OC(=O)C1CC12NC(=O)[C@@H]1CCCN1C(=O)C1(NC(=O)c2ccc(NC(C)=O)cc2C)C2CCCCCC21. The van der Waals surface area contributed by atoms with Crippen molar-refractivity contribution in [2.45, 2.75) is 107 Å². The first-order valence-corrected chi connectivity index (χ1v) is 16.3. The van der Waals surface area contributed by atoms with E-state index in [9.17, 15) is 24.0 Å². The highest BCUT2D eigenvalue weighted by Crippen LogP contribution is 2.69. The smallest absolute Gasteiger partial charge is 0.312 e. The van der Waals surface area contributed by atoms with E-state index in [2.05, 4.69) is 16.0 Å². The first-order valence-electron chi connectivity index (χ1n) is 16.3. The summed E-state index contributed by atoms with van der Waals surface area (Å²) in [6.07, 6.45) is 6.91. The molecule has 1 aromatic carbocycles. The molecule has 11 heteroatoms. The third-order valence-corrected chi connectivity index (χ3v) is 11.2. The van der Waals surface area contributed by atoms with Crippen molar-refractivity contribution < 1.29 is 33.4 Å². The molecule has 1 spiro atoms. The number of hydrogen-bond acceptors (Lipinski definition) is 7. The molecule has 3 N–H and O–H groups in total. The number of hydrogen-bond donors (Lipinski definition) is 3. The van der Waals surface area contributed by atoms with Crippen molar-refractivity contribution in [1.29, 1.82) is 0 Å². The third kappa shape index (κ3) is 4.29. The molecule has 11 nitrogen and oxygen atoms in total. The molecule has 6 aliphatic rings. The van der Waals surface area contributed by atoms with E-state index in [-0.39, 0.29) is 53.5 Å². The Morgan fingerprint density at radius 3 is 2.43 bits per heavy atom. The van der Waals surface area contributed by atoms with Crippen molar-refractivity contribution in [3.63, 3.8) is 0 Å². The molecule has 4 saturated carbocycles. The predicted octanol–water partition coefficient (Wildman–Crippen LogP) is 2.60. The molecule has 6 unspecified atom stereocenters. The van der Waals surface area contributed by atoms with E-state index in [0.29, 0.717) is 55.6 Å². The van der Waals surface area contributed by atoms with Gasteiger partial charge in [0.25, 0.3) is 5.91 Å². The van der Waals surface area contributed by atoms with Crippen LogP contribution >= 0.6 is 0 Å². The van der Waals surface area contributed by atoms with Gasteiger partial charge in [-0.2, -0.15) is 0 Å². The number of nitrogens with one attached hydrogen (secondary N) is 3. The lowest BCUT2D eigenvalue weighted by Crippen LogP contribution is -2.59. The van der Waals surface area contributed by atoms with Gasteiger partial charge in [-0.05, 0) is 81.5 Å². The van der Waals surface area contributed by atoms with E-state index in [1.54, 1.807) is 23.1 Å². The van der Waals surface area contributed by atoms with Gasteiger partial charge in [-0.15, -0.1) is 0 Å². The standard InChI is InChI=1S/C33H42N4O7/c1-4-43-26-17-32(26)31(16-24(31)29(41)44-32)35-28(40)25-11-8-14-37(25)30(42)33(22-9-6-5-7-10-23(22)33)36-27(39)21-13-12-20(15-18(21)2)34-19(3)38/h12-13,15,22-26H,4-11,14,16-17H2,1-3H3,(H,34,38)(H,35,40)(H,36,39)/t22?,23?,24?,25-,26?,31?,32?,33?/m0/s1. The maximum atomic E-state index is 14.6. The van der Waals surface area contributed by atoms with E-state index < -0.39 is 22.7 Å². The number of fused-ring (bicyclic) bond motifs is 3. The summed E-state index contributed by atoms with van der Waals surface area (Å²) >= 11 is 0. The lowest BCUT2D eigenvalue weighted by Gasteiger charge is -2.32. The summed E-state index contributed by atoms with van der Waals surface area (Å²) < 4.78 is 11.6. The van der Waals surface area contributed by atoms with Crippen LogP contribution in [0, 0.1) is 24.7 Å². The van der Waals surface area contributed by atoms with Gasteiger partial charge >= 0.3 is 5.97 Å². The van der Waals surface area contributed by atoms with Gasteiger partial charge in [0.15, 0.2) is 5.60 Å². The maximum Gasteiger partial charge on any atom is 0.312 e. The summed E-state index contributed by atoms with van der Waals surface area (Å²) in [5.74, 6) is -1.56. The monoisotopic (exact) mass is 606 g/mol. The summed E-state index contributed by atoms with van der Waals surface area (Å²) in [7, 11) is 0. The Morgan fingerprint density at radius 1 is 1.02 bits per heavy atom. The van der Waals surface area contributed by atoms with Crippen LogP contribution in [-0.4, -0.2) is 76.5 Å². The second-order valence-electron chi connectivity index (χ2n) is 13.7. The first kappa shape index (κ1) is 29.3. The molecular formula is C33H42N4O7. The first-order chi connectivity index (χ1) is 21.1. The molecule has 2 aliphatic heterocycles. The Bertz CT molecular complexity index is 1430. The molecule has 0 aromatic heterocycles. The fourth-order valence-corrected chi connectivity index (χ4v) is 8.92. The number of nitrogens with zero attached hydrogens (tertiary/aromatic N) is 1. The van der Waals surface area contributed by atoms with Gasteiger partial charge in [-0.3, -0.25) is 24.0 Å². The highest BCUT2D eigenvalue weighted by molar-refractivity contribution is 6.04. The van der Waals surface area contributed by atoms with Gasteiger partial charge in [0, 0.05) is 37.7 Å². The molecule has 0 bridgehead atoms. The number of ether oxygens (including phenoxy) is 2. The van der Waals surface area contributed by atoms with Crippen LogP contribution in [0.5, 0.6) is 0 Å². The second-order valence-corrected chi connectivity index (χ2v) is 13.7. The number of amides is 4. The van der Waals surface area contributed by atoms with E-state index >= 15 is 0 Å². The highest BCUT2D eigenvalue weighted by Gasteiger charge is 2.87. The molecule has 4 aliphatic carbocycles. The minimum atomic E-state index is -1.05. The lowest BCUT2D eigenvalue weighted by molar-refractivity contribution is -0.150. The van der Waals surface area contributed by atoms with Gasteiger partial charge in [-0.1, -0.05) is 19.3 Å². The number of carbonyl (C=O) groups is 5. The van der Waals surface area contributed by atoms with E-state index in [0.717, 1.165) is 32.1 Å². The maximum absolute atomic E-state index is 14.6. The molecular weight excluding hydrogens is 564 g/mol. The van der Waals surface area contributed by atoms with Gasteiger partial charge in [0.05, 0.1) is 11.5 Å². The zero-order valence-electron chi connectivity index (χ0n) is 25.7. The van der Waals surface area contributed by atoms with Crippen LogP contribution in [0.2, 0.25) is 0 Å². The van der Waals surface area contributed by atoms with Gasteiger partial charge < -0.3 is 30.3 Å². The Labute approximate surface area is 257 Å². The molecule has 4 amide bonds. The van der Waals surface area contributed by atoms with E-state index in [1.807, 2.05) is 13.8 Å². The normalized spacial score (nSPS) is 37.8. The quantitative estimate of drug-likeness (QED) is 0.386. The van der Waals surface area contributed by atoms with Crippen LogP contribution in [0.25, 0.3) is 0 Å². The van der Waals surface area contributed by atoms with Gasteiger partial charge in [0.2, 0.25) is 17.7 Å². The number of esters is 1. The molecule has 2 heterocycles. The van der Waals surface area contributed by atoms with Crippen molar-refractivity contribution >= 4 is 35.3 Å². The number of benzene rings is 1. The number of anilines is 1. The summed E-state index contributed by atoms with van der Waals surface area (Å²) in [5, 5.41) is 9.13. The van der Waals surface area contributed by atoms with Crippen LogP contribution in [0.15, 0.2) is 18.2 Å². The third-order valence-electron chi connectivity index (χ3n) is 11.2. The molecule has 2 saturated heterocycles. The largest absolute Gasteiger partial charge is 0.453 e. The van der Waals surface area contributed by atoms with Crippen LogP contribution in [0.3, 0.4) is 0 Å². The topological polar surface area (TPSA) is 143 Å². The van der Waals surface area contributed by atoms with E-state index in [1.165, 1.54) is 6.92 Å². The lowest BCUT2D eigenvalue weighted by atomic mass is 10.00. The molecule has 6 fully saturated rings. The van der Waals surface area contributed by atoms with Crippen molar-refractivity contribution in [1.82, 2.24) is 15.5 Å². The minimum absolute atomic E-state index is 0.0265. The van der Waals surface area contributed by atoms with Crippen molar-refractivity contribution in [2.75, 3.05) is 18.5 Å². The zero-order chi connectivity index (χ0) is 31.0. The van der Waals surface area contributed by atoms with Crippen LogP contribution in [-0.2, 0) is 28.7 Å². The number of aryl methyl sites for hydroxylation is 1. The van der Waals surface area contributed by atoms with Crippen molar-refractivity contribution in [3.8, 4) is 0 Å². The summed E-state index contributed by atoms with van der Waals surface area (Å²) in [4.78, 5) is 68.1. The summed E-state index contributed by atoms with van der Waals surface area (Å²) in [6, 6.07) is 4.45. The van der Waals surface area contributed by atoms with Crippen LogP contribution < -0.4 is 16.0 Å². The van der Waals surface area contributed by atoms with E-state index in [4.69, 9.17) is 9.47 Å². The Morgan fingerprint density at radius 2 is 1.77 bits per heavy atom. The zero-order valence-corrected chi connectivity index (χ0v) is 25.7. The average Bonchev–Trinajstić information content (AvgIpc) is 3.89. The molecule has 1 aromatic rings. The Hall–Kier alpha value is -3.47. The second kappa shape index (κ2) is 10.3. The summed E-state index contributed by atoms with van der Waals surface area (Å²) in [6.45, 7) is 6.08. The van der Waals surface area contributed by atoms with Crippen molar-refractivity contribution in [2.24, 2.45) is 17.8 Å². The fourth-order valence-electron chi connectivity index (χ4n) is 8.92. The van der Waals surface area contributed by atoms with Crippen LogP contribution in [0.1, 0.15) is 87.6 Å². The molecule has 7 atom stereocenters. The highest BCUT2D eigenvalue weighted by atomic mass is 16.6. The summed E-state index contributed by atoms with van der Waals surface area (Å²) in [5.41, 5.74) is -0.870. The fraction of sp³-hybridized carbons (Fsp3) is 0.667. The molecule has 7 rings (SSSR count). The van der Waals surface area contributed by atoms with Gasteiger partial charge in [-0.25, -0.2) is 0 Å². The Balaban J connectivity index is 1.11. The van der Waals surface area contributed by atoms with Crippen LogP contribution in [0.4, 0.5) is 5.69 Å². The average molecular weight is 607 g/mol. The molecule has 44 heavy (non-hydrogen) atoms. The molecule has 236 valence electrons. The number of carbonyl (C=O) groups excluding carboxylic acids is 5. The molecule has 0 radical (unpaired) electrons. The van der Waals surface area contributed by atoms with Gasteiger partial charge in [0.1, 0.15) is 17.7 Å². The number of likely N-dealkylation sites (tertiary alicyclic amines) is 1. The van der Waals surface area contributed by atoms with Crippen molar-refractivity contribution in [3.05, 3.63) is 29.3 Å². The number of rotatable bonds is 8. The minimum Gasteiger partial charge on any atom is -0.453 e.